The van der Waals surface area contributed by atoms with E-state index in [1.807, 2.05) is 0 Å². The molecule has 3 saturated carbocycles. The maximum atomic E-state index is 13.3. The lowest BCUT2D eigenvalue weighted by molar-refractivity contribution is -0.144. The molecule has 1 N–H and O–H groups in total. The van der Waals surface area contributed by atoms with Gasteiger partial charge in [-0.1, -0.05) is 19.9 Å². The van der Waals surface area contributed by atoms with Crippen LogP contribution in [-0.4, -0.2) is 28.4 Å². The molecular formula is C23H26O5. The number of hydrogen-bond acceptors (Lipinski definition) is 4. The number of aliphatic carboxylic acids is 1. The van der Waals surface area contributed by atoms with Crippen molar-refractivity contribution in [2.75, 3.05) is 0 Å². The van der Waals surface area contributed by atoms with Gasteiger partial charge in [-0.15, -0.1) is 0 Å². The normalized spacial score (nSPS) is 44.6. The number of ketones is 3. The van der Waals surface area contributed by atoms with Crippen molar-refractivity contribution in [2.45, 2.75) is 65.2 Å². The molecule has 5 heteroatoms. The maximum absolute atomic E-state index is 13.3. The van der Waals surface area contributed by atoms with E-state index in [0.29, 0.717) is 24.8 Å². The summed E-state index contributed by atoms with van der Waals surface area (Å²) in [6.45, 7) is 4.21. The SMILES string of the molecule is CC12CCC(=O)CC1C(=O)C(C(=O)O)=C1C3=CC[C@@]4(C)CCC(=O)C34CCC12. The van der Waals surface area contributed by atoms with Crippen molar-refractivity contribution in [3.05, 3.63) is 22.8 Å². The monoisotopic (exact) mass is 382 g/mol. The molecule has 0 aromatic carbocycles. The highest BCUT2D eigenvalue weighted by Gasteiger charge is 2.67. The molecule has 3 fully saturated rings. The Morgan fingerprint density at radius 1 is 1.07 bits per heavy atom. The first kappa shape index (κ1) is 18.0. The van der Waals surface area contributed by atoms with Gasteiger partial charge in [0.2, 0.25) is 0 Å². The van der Waals surface area contributed by atoms with Gasteiger partial charge in [0, 0.05) is 25.2 Å². The zero-order chi connectivity index (χ0) is 20.1. The second-order valence-corrected chi connectivity index (χ2v) is 10.1. The Bertz CT molecular complexity index is 923. The van der Waals surface area contributed by atoms with E-state index >= 15 is 0 Å². The number of rotatable bonds is 1. The molecule has 0 heterocycles. The first-order valence-corrected chi connectivity index (χ1v) is 10.4. The fraction of sp³-hybridized carbons (Fsp3) is 0.652. The van der Waals surface area contributed by atoms with Crippen molar-refractivity contribution in [1.29, 1.82) is 0 Å². The predicted octanol–water partition coefficient (Wildman–Crippen LogP) is 3.42. The molecule has 148 valence electrons. The van der Waals surface area contributed by atoms with Crippen LogP contribution in [0.5, 0.6) is 0 Å². The predicted molar refractivity (Wildman–Crippen MR) is 100 cm³/mol. The Labute approximate surface area is 164 Å². The van der Waals surface area contributed by atoms with Crippen molar-refractivity contribution in [3.63, 3.8) is 0 Å². The minimum Gasteiger partial charge on any atom is -0.478 e. The topological polar surface area (TPSA) is 88.5 Å². The van der Waals surface area contributed by atoms with E-state index in [-0.39, 0.29) is 34.9 Å². The van der Waals surface area contributed by atoms with Crippen LogP contribution in [-0.2, 0) is 19.2 Å². The molecule has 0 amide bonds. The molecule has 5 rings (SSSR count). The van der Waals surface area contributed by atoms with E-state index in [0.717, 1.165) is 31.3 Å². The number of carboxylic acid groups (broad SMARTS) is 1. The van der Waals surface area contributed by atoms with Gasteiger partial charge in [0.15, 0.2) is 5.78 Å². The molecule has 5 nitrogen and oxygen atoms in total. The third-order valence-electron chi connectivity index (χ3n) is 9.09. The highest BCUT2D eigenvalue weighted by molar-refractivity contribution is 6.20. The van der Waals surface area contributed by atoms with E-state index < -0.39 is 28.5 Å². The molecular weight excluding hydrogens is 356 g/mol. The molecule has 28 heavy (non-hydrogen) atoms. The Balaban J connectivity index is 1.75. The molecule has 5 aliphatic rings. The minimum absolute atomic E-state index is 0.0509. The van der Waals surface area contributed by atoms with Gasteiger partial charge < -0.3 is 5.11 Å². The Hall–Kier alpha value is -2.04. The molecule has 5 atom stereocenters. The number of carbonyl (C=O) groups is 4. The fourth-order valence-corrected chi connectivity index (χ4v) is 7.47. The van der Waals surface area contributed by atoms with Gasteiger partial charge >= 0.3 is 5.97 Å². The van der Waals surface area contributed by atoms with Gasteiger partial charge in [-0.2, -0.15) is 0 Å². The standard InChI is InChI=1S/C23H26O5/c1-21-7-4-14-17-13(5-10-23(14,21)16(25)6-8-21)22(2)9-3-12(24)11-15(22)19(26)18(17)20(27)28/h4,13,15H,3,5-11H2,1-2H3,(H,27,28)/t13?,15?,21-,22?,23?/m0/s1. The molecule has 0 aromatic rings. The summed E-state index contributed by atoms with van der Waals surface area (Å²) in [4.78, 5) is 50.8. The molecule has 0 saturated heterocycles. The number of carbonyl (C=O) groups excluding carboxylic acids is 3. The van der Waals surface area contributed by atoms with Gasteiger partial charge in [0.05, 0.1) is 5.41 Å². The summed E-state index contributed by atoms with van der Waals surface area (Å²) in [6, 6.07) is 0. The third-order valence-corrected chi connectivity index (χ3v) is 9.09. The van der Waals surface area contributed by atoms with Crippen LogP contribution < -0.4 is 0 Å². The number of hydrogen-bond donors (Lipinski definition) is 1. The molecule has 0 bridgehead atoms. The quantitative estimate of drug-likeness (QED) is 0.702. The summed E-state index contributed by atoms with van der Waals surface area (Å²) in [5.41, 5.74) is 0.156. The first-order valence-electron chi connectivity index (χ1n) is 10.4. The van der Waals surface area contributed by atoms with Crippen LogP contribution >= 0.6 is 0 Å². The smallest absolute Gasteiger partial charge is 0.339 e. The lowest BCUT2D eigenvalue weighted by Gasteiger charge is -2.55. The van der Waals surface area contributed by atoms with Gasteiger partial charge in [-0.25, -0.2) is 4.79 Å². The number of Topliss-reactive ketones (excluding diaryl/α,β-unsaturated/α-hetero) is 3. The van der Waals surface area contributed by atoms with E-state index in [1.54, 1.807) is 0 Å². The largest absolute Gasteiger partial charge is 0.478 e. The second kappa shape index (κ2) is 5.31. The highest BCUT2D eigenvalue weighted by atomic mass is 16.4. The Morgan fingerprint density at radius 3 is 2.54 bits per heavy atom. The third kappa shape index (κ3) is 1.84. The highest BCUT2D eigenvalue weighted by Crippen LogP contribution is 2.71. The Morgan fingerprint density at radius 2 is 1.82 bits per heavy atom. The van der Waals surface area contributed by atoms with Crippen molar-refractivity contribution in [1.82, 2.24) is 0 Å². The van der Waals surface area contributed by atoms with Gasteiger partial charge in [0.1, 0.15) is 17.1 Å². The van der Waals surface area contributed by atoms with E-state index in [2.05, 4.69) is 19.9 Å². The number of carboxylic acids is 1. The average Bonchev–Trinajstić information content (AvgIpc) is 3.07. The minimum atomic E-state index is -1.21. The van der Waals surface area contributed by atoms with Crippen molar-refractivity contribution >= 4 is 23.3 Å². The maximum Gasteiger partial charge on any atom is 0.339 e. The van der Waals surface area contributed by atoms with Crippen LogP contribution in [0.4, 0.5) is 0 Å². The summed E-state index contributed by atoms with van der Waals surface area (Å²) in [7, 11) is 0. The number of fused-ring (bicyclic) bond motifs is 4. The van der Waals surface area contributed by atoms with Gasteiger partial charge in [-0.3, -0.25) is 14.4 Å². The lowest BCUT2D eigenvalue weighted by atomic mass is 9.46. The average molecular weight is 382 g/mol. The number of allylic oxidation sites excluding steroid dienone is 3. The van der Waals surface area contributed by atoms with Crippen LogP contribution in [0.3, 0.4) is 0 Å². The van der Waals surface area contributed by atoms with Crippen LogP contribution in [0.1, 0.15) is 65.2 Å². The fourth-order valence-electron chi connectivity index (χ4n) is 7.47. The van der Waals surface area contributed by atoms with Crippen molar-refractivity contribution < 1.29 is 24.3 Å². The molecule has 0 radical (unpaired) electrons. The van der Waals surface area contributed by atoms with Crippen molar-refractivity contribution in [3.8, 4) is 0 Å². The molecule has 0 aromatic heterocycles. The summed E-state index contributed by atoms with van der Waals surface area (Å²) < 4.78 is 0. The lowest BCUT2D eigenvalue weighted by Crippen LogP contribution is -2.54. The molecule has 5 aliphatic carbocycles. The van der Waals surface area contributed by atoms with E-state index in [4.69, 9.17) is 0 Å². The summed E-state index contributed by atoms with van der Waals surface area (Å²) in [5, 5.41) is 10.0. The van der Waals surface area contributed by atoms with Crippen molar-refractivity contribution in [2.24, 2.45) is 28.1 Å². The molecule has 0 aliphatic heterocycles. The summed E-state index contributed by atoms with van der Waals surface area (Å²) in [6.07, 6.45) is 6.87. The van der Waals surface area contributed by atoms with Crippen LogP contribution in [0.15, 0.2) is 22.8 Å². The summed E-state index contributed by atoms with van der Waals surface area (Å²) >= 11 is 0. The van der Waals surface area contributed by atoms with Crippen LogP contribution in [0.25, 0.3) is 0 Å². The summed E-state index contributed by atoms with van der Waals surface area (Å²) in [5.74, 6) is -1.95. The zero-order valence-electron chi connectivity index (χ0n) is 16.5. The Kier molecular flexibility index (Phi) is 3.42. The van der Waals surface area contributed by atoms with E-state index in [9.17, 15) is 24.3 Å². The molecule has 1 spiro atoms. The second-order valence-electron chi connectivity index (χ2n) is 10.1. The van der Waals surface area contributed by atoms with Crippen LogP contribution in [0, 0.1) is 28.1 Å². The van der Waals surface area contributed by atoms with E-state index in [1.165, 1.54) is 0 Å². The first-order chi connectivity index (χ1) is 13.2. The zero-order valence-corrected chi connectivity index (χ0v) is 16.5. The van der Waals surface area contributed by atoms with Gasteiger partial charge in [0.25, 0.3) is 0 Å². The van der Waals surface area contributed by atoms with Gasteiger partial charge in [-0.05, 0) is 60.0 Å². The van der Waals surface area contributed by atoms with Crippen LogP contribution in [0.2, 0.25) is 0 Å². The molecule has 4 unspecified atom stereocenters.